The molecule has 33 heavy (non-hydrogen) atoms. The molecule has 0 radical (unpaired) electrons. The molecule has 0 atom stereocenters. The molecule has 3 N–H and O–H groups in total. The van der Waals surface area contributed by atoms with Crippen molar-refractivity contribution in [2.24, 2.45) is 0 Å². The van der Waals surface area contributed by atoms with Gasteiger partial charge in [-0.2, -0.15) is 4.98 Å². The van der Waals surface area contributed by atoms with E-state index in [0.29, 0.717) is 36.2 Å². The first-order valence-corrected chi connectivity index (χ1v) is 10.7. The number of anilines is 3. The number of hydrogen-bond acceptors (Lipinski definition) is 8. The summed E-state index contributed by atoms with van der Waals surface area (Å²) < 4.78 is 18.4. The summed E-state index contributed by atoms with van der Waals surface area (Å²) in [5.74, 6) is -0.624. The number of phenols is 1. The molecule has 0 unspecified atom stereocenters. The molecule has 3 aromatic rings. The summed E-state index contributed by atoms with van der Waals surface area (Å²) in [5.41, 5.74) is 2.53. The molecule has 9 heteroatoms. The fourth-order valence-corrected chi connectivity index (χ4v) is 3.11. The van der Waals surface area contributed by atoms with Crippen molar-refractivity contribution in [1.82, 2.24) is 14.9 Å². The van der Waals surface area contributed by atoms with Crippen molar-refractivity contribution in [3.05, 3.63) is 60.0 Å². The zero-order valence-electron chi connectivity index (χ0n) is 18.9. The summed E-state index contributed by atoms with van der Waals surface area (Å²) in [7, 11) is 4.03. The van der Waals surface area contributed by atoms with Crippen LogP contribution in [0.2, 0.25) is 0 Å². The van der Waals surface area contributed by atoms with E-state index in [1.165, 1.54) is 12.1 Å². The molecule has 0 saturated heterocycles. The first-order chi connectivity index (χ1) is 15.9. The highest BCUT2D eigenvalue weighted by molar-refractivity contribution is 5.90. The van der Waals surface area contributed by atoms with Gasteiger partial charge in [-0.25, -0.2) is 14.2 Å². The molecule has 0 fully saturated rings. The minimum absolute atomic E-state index is 0.294. The van der Waals surface area contributed by atoms with Crippen LogP contribution in [0.3, 0.4) is 0 Å². The largest absolute Gasteiger partial charge is 0.505 e. The molecule has 1 heterocycles. The lowest BCUT2D eigenvalue weighted by Crippen LogP contribution is -2.17. The predicted molar refractivity (Wildman–Crippen MR) is 126 cm³/mol. The van der Waals surface area contributed by atoms with Gasteiger partial charge >= 0.3 is 5.97 Å². The summed E-state index contributed by atoms with van der Waals surface area (Å²) in [6.07, 6.45) is 2.58. The lowest BCUT2D eigenvalue weighted by molar-refractivity contribution is 0.0526. The van der Waals surface area contributed by atoms with Gasteiger partial charge in [0.2, 0.25) is 5.95 Å². The number of esters is 1. The molecule has 0 aliphatic heterocycles. The third kappa shape index (κ3) is 6.63. The fraction of sp³-hybridized carbons (Fsp3) is 0.292. The monoisotopic (exact) mass is 453 g/mol. The molecule has 0 amide bonds. The van der Waals surface area contributed by atoms with Crippen molar-refractivity contribution in [3.63, 3.8) is 0 Å². The van der Waals surface area contributed by atoms with Crippen molar-refractivity contribution in [2.75, 3.05) is 44.4 Å². The maximum absolute atomic E-state index is 13.3. The van der Waals surface area contributed by atoms with Gasteiger partial charge in [0.15, 0.2) is 11.6 Å². The lowest BCUT2D eigenvalue weighted by Gasteiger charge is -2.15. The highest BCUT2D eigenvalue weighted by atomic mass is 19.1. The van der Waals surface area contributed by atoms with E-state index < -0.39 is 11.6 Å². The van der Waals surface area contributed by atoms with E-state index >= 15 is 0 Å². The Kier molecular flexibility index (Phi) is 8.15. The van der Waals surface area contributed by atoms with Gasteiger partial charge in [0.25, 0.3) is 0 Å². The summed E-state index contributed by atoms with van der Waals surface area (Å²) >= 11 is 0. The Morgan fingerprint density at radius 1 is 1.18 bits per heavy atom. The fourth-order valence-electron chi connectivity index (χ4n) is 3.11. The van der Waals surface area contributed by atoms with Gasteiger partial charge in [-0.3, -0.25) is 0 Å². The Balaban J connectivity index is 1.86. The first-order valence-electron chi connectivity index (χ1n) is 10.7. The van der Waals surface area contributed by atoms with Gasteiger partial charge in [0.05, 0.1) is 12.2 Å². The summed E-state index contributed by atoms with van der Waals surface area (Å²) in [6, 6.07) is 11.0. The van der Waals surface area contributed by atoms with Crippen LogP contribution in [0.5, 0.6) is 5.75 Å². The maximum atomic E-state index is 13.3. The number of phenolic OH excluding ortho intramolecular Hbond substituents is 1. The smallest absolute Gasteiger partial charge is 0.338 e. The van der Waals surface area contributed by atoms with Crippen molar-refractivity contribution in [2.45, 2.75) is 13.3 Å². The van der Waals surface area contributed by atoms with Crippen LogP contribution in [0.1, 0.15) is 23.7 Å². The molecule has 2 aromatic carbocycles. The molecule has 174 valence electrons. The first kappa shape index (κ1) is 23.9. The molecule has 8 nitrogen and oxygen atoms in total. The van der Waals surface area contributed by atoms with E-state index in [0.717, 1.165) is 30.2 Å². The molecular formula is C24H28FN5O3. The Hall–Kier alpha value is -3.72. The van der Waals surface area contributed by atoms with Crippen LogP contribution in [0, 0.1) is 5.82 Å². The number of nitrogens with one attached hydrogen (secondary N) is 2. The van der Waals surface area contributed by atoms with Gasteiger partial charge in [0.1, 0.15) is 5.82 Å². The maximum Gasteiger partial charge on any atom is 0.338 e. The Bertz CT molecular complexity index is 1090. The number of benzene rings is 2. The minimum Gasteiger partial charge on any atom is -0.505 e. The third-order valence-corrected chi connectivity index (χ3v) is 4.77. The number of aromatic nitrogens is 2. The van der Waals surface area contributed by atoms with Gasteiger partial charge in [-0.15, -0.1) is 0 Å². The molecular weight excluding hydrogens is 425 g/mol. The molecule has 0 aliphatic rings. The van der Waals surface area contributed by atoms with Crippen LogP contribution < -0.4 is 10.6 Å². The van der Waals surface area contributed by atoms with Gasteiger partial charge in [-0.05, 0) is 63.8 Å². The number of carbonyl (C=O) groups is 1. The number of halogens is 1. The molecule has 0 aliphatic carbocycles. The zero-order valence-corrected chi connectivity index (χ0v) is 18.9. The Morgan fingerprint density at radius 2 is 1.94 bits per heavy atom. The highest BCUT2D eigenvalue weighted by Crippen LogP contribution is 2.29. The van der Waals surface area contributed by atoms with E-state index in [1.54, 1.807) is 25.3 Å². The van der Waals surface area contributed by atoms with Gasteiger partial charge in [-0.1, -0.05) is 12.1 Å². The van der Waals surface area contributed by atoms with E-state index in [1.807, 2.05) is 26.2 Å². The second-order valence-electron chi connectivity index (χ2n) is 7.63. The molecule has 3 rings (SSSR count). The van der Waals surface area contributed by atoms with Crippen LogP contribution in [-0.2, 0) is 4.74 Å². The van der Waals surface area contributed by atoms with Crippen LogP contribution >= 0.6 is 0 Å². The van der Waals surface area contributed by atoms with E-state index in [2.05, 4.69) is 25.5 Å². The van der Waals surface area contributed by atoms with Crippen molar-refractivity contribution < 1.29 is 19.0 Å². The zero-order chi connectivity index (χ0) is 23.8. The lowest BCUT2D eigenvalue weighted by atomic mass is 10.1. The number of aromatic hydroxyl groups is 1. The summed E-state index contributed by atoms with van der Waals surface area (Å²) in [5, 5.41) is 15.9. The van der Waals surface area contributed by atoms with Gasteiger partial charge in [0, 0.05) is 30.1 Å². The summed E-state index contributed by atoms with van der Waals surface area (Å²) in [4.78, 5) is 23.0. The second-order valence-corrected chi connectivity index (χ2v) is 7.63. The van der Waals surface area contributed by atoms with E-state index in [9.17, 15) is 14.3 Å². The molecule has 0 bridgehead atoms. The third-order valence-electron chi connectivity index (χ3n) is 4.77. The number of ether oxygens (including phenoxy) is 1. The number of rotatable bonds is 10. The Morgan fingerprint density at radius 3 is 2.61 bits per heavy atom. The Labute approximate surface area is 192 Å². The SMILES string of the molecule is CCOC(=O)c1ccc(-c2cnc(Nc3ccc(F)c(O)c3)nc2NCCCN(C)C)cc1. The van der Waals surface area contributed by atoms with E-state index in [-0.39, 0.29) is 5.97 Å². The average Bonchev–Trinajstić information content (AvgIpc) is 2.79. The van der Waals surface area contributed by atoms with Crippen molar-refractivity contribution >= 4 is 23.4 Å². The van der Waals surface area contributed by atoms with Crippen molar-refractivity contribution in [3.8, 4) is 16.9 Å². The number of carbonyl (C=O) groups excluding carboxylic acids is 1. The molecule has 0 spiro atoms. The molecule has 0 saturated carbocycles. The topological polar surface area (TPSA) is 99.6 Å². The van der Waals surface area contributed by atoms with Gasteiger partial charge < -0.3 is 25.4 Å². The molecule has 1 aromatic heterocycles. The average molecular weight is 454 g/mol. The van der Waals surface area contributed by atoms with E-state index in [4.69, 9.17) is 4.74 Å². The van der Waals surface area contributed by atoms with Crippen LogP contribution in [0.4, 0.5) is 21.8 Å². The van der Waals surface area contributed by atoms with Crippen LogP contribution in [0.15, 0.2) is 48.7 Å². The van der Waals surface area contributed by atoms with Crippen molar-refractivity contribution in [1.29, 1.82) is 0 Å². The number of nitrogens with zero attached hydrogens (tertiary/aromatic N) is 3. The van der Waals surface area contributed by atoms with Crippen LogP contribution in [-0.4, -0.2) is 59.7 Å². The highest BCUT2D eigenvalue weighted by Gasteiger charge is 2.12. The second kappa shape index (κ2) is 11.2. The summed E-state index contributed by atoms with van der Waals surface area (Å²) in [6.45, 7) is 3.69. The quantitative estimate of drug-likeness (QED) is 0.309. The predicted octanol–water partition coefficient (Wildman–Crippen LogP) is 4.27. The normalized spacial score (nSPS) is 10.8. The van der Waals surface area contributed by atoms with Crippen LogP contribution in [0.25, 0.3) is 11.1 Å². The minimum atomic E-state index is -0.702. The standard InChI is InChI=1S/C24H28FN5O3/c1-4-33-23(32)17-8-6-16(7-9-17)19-15-27-24(28-18-10-11-20(25)21(31)14-18)29-22(19)26-12-5-13-30(2)3/h6-11,14-15,31H,4-5,12-13H2,1-3H3,(H2,26,27,28,29). The number of hydrogen-bond donors (Lipinski definition) is 3.